The minimum atomic E-state index is -0.281. The van der Waals surface area contributed by atoms with Crippen LogP contribution in [0.25, 0.3) is 11.3 Å². The largest absolute Gasteiger partial charge is 0.497 e. The van der Waals surface area contributed by atoms with E-state index in [2.05, 4.69) is 20.7 Å². The number of benzene rings is 1. The summed E-state index contributed by atoms with van der Waals surface area (Å²) in [6.45, 7) is 0.376. The average molecular weight is 337 g/mol. The van der Waals surface area contributed by atoms with Gasteiger partial charge in [0.2, 0.25) is 0 Å². The van der Waals surface area contributed by atoms with E-state index >= 15 is 0 Å². The summed E-state index contributed by atoms with van der Waals surface area (Å²) in [5.74, 6) is 0.740. The molecule has 128 valence electrons. The molecule has 0 aliphatic heterocycles. The van der Waals surface area contributed by atoms with Gasteiger partial charge in [-0.3, -0.25) is 9.67 Å². The standard InChI is InChI=1S/C18H19N5O2/c1-23-17(7-8-21-23)14-9-13(10-19-12-14)11-20-18(24)22-15-3-5-16(25-2)6-4-15/h3-10,12H,11H2,1-2H3,(H2,20,22,24). The van der Waals surface area contributed by atoms with Gasteiger partial charge < -0.3 is 15.4 Å². The molecule has 0 radical (unpaired) electrons. The molecule has 7 heteroatoms. The first kappa shape index (κ1) is 16.5. The van der Waals surface area contributed by atoms with E-state index in [1.54, 1.807) is 54.6 Å². The molecule has 25 heavy (non-hydrogen) atoms. The molecule has 2 heterocycles. The van der Waals surface area contributed by atoms with E-state index in [1.165, 1.54) is 0 Å². The summed E-state index contributed by atoms with van der Waals surface area (Å²) in [4.78, 5) is 16.3. The Bertz CT molecular complexity index is 858. The van der Waals surface area contributed by atoms with Crippen LogP contribution >= 0.6 is 0 Å². The highest BCUT2D eigenvalue weighted by Crippen LogP contribution is 2.18. The van der Waals surface area contributed by atoms with Crippen molar-refractivity contribution in [3.8, 4) is 17.0 Å². The maximum Gasteiger partial charge on any atom is 0.319 e. The molecule has 2 N–H and O–H groups in total. The first-order chi connectivity index (χ1) is 12.2. The molecule has 0 aliphatic rings. The molecule has 3 rings (SSSR count). The number of hydrogen-bond acceptors (Lipinski definition) is 4. The number of ether oxygens (including phenoxy) is 1. The highest BCUT2D eigenvalue weighted by molar-refractivity contribution is 5.89. The van der Waals surface area contributed by atoms with Gasteiger partial charge in [0.25, 0.3) is 0 Å². The average Bonchev–Trinajstić information content (AvgIpc) is 3.07. The number of aryl methyl sites for hydroxylation is 1. The Hall–Kier alpha value is -3.35. The van der Waals surface area contributed by atoms with Crippen molar-refractivity contribution in [2.24, 2.45) is 7.05 Å². The van der Waals surface area contributed by atoms with Gasteiger partial charge >= 0.3 is 6.03 Å². The van der Waals surface area contributed by atoms with Crippen LogP contribution in [0.3, 0.4) is 0 Å². The molecule has 2 amide bonds. The van der Waals surface area contributed by atoms with E-state index < -0.39 is 0 Å². The predicted octanol–water partition coefficient (Wildman–Crippen LogP) is 2.81. The first-order valence-corrected chi connectivity index (χ1v) is 7.77. The molecular weight excluding hydrogens is 318 g/mol. The van der Waals surface area contributed by atoms with Crippen LogP contribution in [0.5, 0.6) is 5.75 Å². The molecule has 0 atom stereocenters. The van der Waals surface area contributed by atoms with Gasteiger partial charge in [-0.25, -0.2) is 4.79 Å². The van der Waals surface area contributed by atoms with Gasteiger partial charge in [0.1, 0.15) is 5.75 Å². The quantitative estimate of drug-likeness (QED) is 0.750. The fourth-order valence-electron chi connectivity index (χ4n) is 2.41. The summed E-state index contributed by atoms with van der Waals surface area (Å²) in [7, 11) is 3.48. The van der Waals surface area contributed by atoms with Crippen LogP contribution in [-0.4, -0.2) is 27.9 Å². The van der Waals surface area contributed by atoms with Crippen LogP contribution in [0.1, 0.15) is 5.56 Å². The number of hydrogen-bond donors (Lipinski definition) is 2. The summed E-state index contributed by atoms with van der Waals surface area (Å²) in [6, 6.07) is 10.8. The lowest BCUT2D eigenvalue weighted by Gasteiger charge is -2.09. The number of methoxy groups -OCH3 is 1. The smallest absolute Gasteiger partial charge is 0.319 e. The van der Waals surface area contributed by atoms with E-state index in [0.29, 0.717) is 12.2 Å². The third-order valence-corrected chi connectivity index (χ3v) is 3.71. The maximum absolute atomic E-state index is 12.0. The molecular formula is C18H19N5O2. The predicted molar refractivity (Wildman–Crippen MR) is 95.3 cm³/mol. The van der Waals surface area contributed by atoms with Gasteiger partial charge in [-0.2, -0.15) is 5.10 Å². The second-order valence-corrected chi connectivity index (χ2v) is 5.46. The van der Waals surface area contributed by atoms with E-state index in [1.807, 2.05) is 19.2 Å². The van der Waals surface area contributed by atoms with Gasteiger partial charge in [0.05, 0.1) is 12.8 Å². The summed E-state index contributed by atoms with van der Waals surface area (Å²) < 4.78 is 6.87. The van der Waals surface area contributed by atoms with Crippen molar-refractivity contribution in [2.75, 3.05) is 12.4 Å². The minimum Gasteiger partial charge on any atom is -0.497 e. The number of anilines is 1. The molecule has 0 spiro atoms. The SMILES string of the molecule is COc1ccc(NC(=O)NCc2cncc(-c3ccnn3C)c2)cc1. The summed E-state index contributed by atoms with van der Waals surface area (Å²) in [6.07, 6.45) is 5.24. The zero-order valence-corrected chi connectivity index (χ0v) is 14.1. The molecule has 0 bridgehead atoms. The van der Waals surface area contributed by atoms with Crippen LogP contribution in [0.15, 0.2) is 55.0 Å². The fraction of sp³-hybridized carbons (Fsp3) is 0.167. The molecule has 0 fully saturated rings. The van der Waals surface area contributed by atoms with Gasteiger partial charge in [-0.15, -0.1) is 0 Å². The molecule has 2 aromatic heterocycles. The summed E-state index contributed by atoms with van der Waals surface area (Å²) >= 11 is 0. The van der Waals surface area contributed by atoms with Gasteiger partial charge in [-0.05, 0) is 42.0 Å². The van der Waals surface area contributed by atoms with Crippen molar-refractivity contribution in [3.05, 3.63) is 60.6 Å². The molecule has 0 saturated heterocycles. The van der Waals surface area contributed by atoms with E-state index in [0.717, 1.165) is 22.6 Å². The third kappa shape index (κ3) is 4.14. The first-order valence-electron chi connectivity index (χ1n) is 7.77. The Balaban J connectivity index is 1.59. The third-order valence-electron chi connectivity index (χ3n) is 3.71. The van der Waals surface area contributed by atoms with Crippen molar-refractivity contribution in [2.45, 2.75) is 6.54 Å². The van der Waals surface area contributed by atoms with Crippen molar-refractivity contribution in [1.82, 2.24) is 20.1 Å². The number of carbonyl (C=O) groups excluding carboxylic acids is 1. The number of carbonyl (C=O) groups is 1. The van der Waals surface area contributed by atoms with E-state index in [-0.39, 0.29) is 6.03 Å². The Morgan fingerprint density at radius 1 is 1.20 bits per heavy atom. The molecule has 1 aromatic carbocycles. The van der Waals surface area contributed by atoms with Gasteiger partial charge in [0.15, 0.2) is 0 Å². The van der Waals surface area contributed by atoms with Crippen LogP contribution in [0.4, 0.5) is 10.5 Å². The Labute approximate surface area is 145 Å². The van der Waals surface area contributed by atoms with Gasteiger partial charge in [0, 0.05) is 43.4 Å². The molecule has 3 aromatic rings. The monoisotopic (exact) mass is 337 g/mol. The topological polar surface area (TPSA) is 81.1 Å². The second-order valence-electron chi connectivity index (χ2n) is 5.46. The molecule has 0 unspecified atom stereocenters. The van der Waals surface area contributed by atoms with Crippen LogP contribution in [0, 0.1) is 0 Å². The molecule has 0 saturated carbocycles. The lowest BCUT2D eigenvalue weighted by Crippen LogP contribution is -2.28. The number of aromatic nitrogens is 3. The second kappa shape index (κ2) is 7.48. The number of amides is 2. The van der Waals surface area contributed by atoms with Crippen LogP contribution in [0.2, 0.25) is 0 Å². The molecule has 0 aliphatic carbocycles. The zero-order chi connectivity index (χ0) is 17.6. The highest BCUT2D eigenvalue weighted by Gasteiger charge is 2.06. The Morgan fingerprint density at radius 3 is 2.68 bits per heavy atom. The highest BCUT2D eigenvalue weighted by atomic mass is 16.5. The minimum absolute atomic E-state index is 0.281. The van der Waals surface area contributed by atoms with E-state index in [4.69, 9.17) is 4.74 Å². The normalized spacial score (nSPS) is 10.3. The van der Waals surface area contributed by atoms with Crippen LogP contribution < -0.4 is 15.4 Å². The van der Waals surface area contributed by atoms with E-state index in [9.17, 15) is 4.79 Å². The molecule has 7 nitrogen and oxygen atoms in total. The number of pyridine rings is 1. The van der Waals surface area contributed by atoms with Crippen molar-refractivity contribution >= 4 is 11.7 Å². The number of urea groups is 1. The number of rotatable bonds is 5. The number of nitrogens with zero attached hydrogens (tertiary/aromatic N) is 3. The Morgan fingerprint density at radius 2 is 2.00 bits per heavy atom. The summed E-state index contributed by atoms with van der Waals surface area (Å²) in [5.41, 5.74) is 3.52. The summed E-state index contributed by atoms with van der Waals surface area (Å²) in [5, 5.41) is 9.75. The lowest BCUT2D eigenvalue weighted by atomic mass is 10.1. The number of nitrogens with one attached hydrogen (secondary N) is 2. The van der Waals surface area contributed by atoms with Crippen molar-refractivity contribution in [3.63, 3.8) is 0 Å². The maximum atomic E-state index is 12.0. The van der Waals surface area contributed by atoms with Crippen molar-refractivity contribution < 1.29 is 9.53 Å². The Kier molecular flexibility index (Phi) is 4.94. The van der Waals surface area contributed by atoms with Gasteiger partial charge in [-0.1, -0.05) is 0 Å². The lowest BCUT2D eigenvalue weighted by molar-refractivity contribution is 0.251. The van der Waals surface area contributed by atoms with Crippen molar-refractivity contribution in [1.29, 1.82) is 0 Å². The fourth-order valence-corrected chi connectivity index (χ4v) is 2.41. The van der Waals surface area contributed by atoms with Crippen LogP contribution in [-0.2, 0) is 13.6 Å². The zero-order valence-electron chi connectivity index (χ0n) is 14.1.